The molecule has 1 heterocycles. The second-order valence-corrected chi connectivity index (χ2v) is 7.46. The molecule has 0 aliphatic heterocycles. The lowest BCUT2D eigenvalue weighted by molar-refractivity contribution is -0.121. The first-order valence-electron chi connectivity index (χ1n) is 9.25. The third-order valence-corrected chi connectivity index (χ3v) is 5.15. The third kappa shape index (κ3) is 5.76. The summed E-state index contributed by atoms with van der Waals surface area (Å²) in [6.45, 7) is 3.68. The Morgan fingerprint density at radius 1 is 1.31 bits per heavy atom. The molecule has 1 saturated carbocycles. The molecule has 1 fully saturated rings. The van der Waals surface area contributed by atoms with Gasteiger partial charge >= 0.3 is 0 Å². The lowest BCUT2D eigenvalue weighted by atomic mass is 10.1. The lowest BCUT2D eigenvalue weighted by Gasteiger charge is -2.20. The number of carbonyl (C=O) groups excluding carboxylic acids is 1. The predicted octanol–water partition coefficient (Wildman–Crippen LogP) is 3.54. The van der Waals surface area contributed by atoms with Crippen LogP contribution in [0.5, 0.6) is 0 Å². The van der Waals surface area contributed by atoms with Crippen LogP contribution in [0, 0.1) is 5.82 Å². The number of hydrogen-bond acceptors (Lipinski definition) is 5. The van der Waals surface area contributed by atoms with Crippen LogP contribution < -0.4 is 10.2 Å². The molecule has 1 N–H and O–H groups in total. The highest BCUT2D eigenvalue weighted by molar-refractivity contribution is 7.09. The summed E-state index contributed by atoms with van der Waals surface area (Å²) in [4.78, 5) is 18.8. The largest absolute Gasteiger partial charge is 0.353 e. The molecule has 7 heteroatoms. The molecule has 0 spiro atoms. The number of rotatable bonds is 10. The third-order valence-electron chi connectivity index (χ3n) is 4.34. The van der Waals surface area contributed by atoms with E-state index in [9.17, 15) is 9.18 Å². The van der Waals surface area contributed by atoms with Crippen molar-refractivity contribution >= 4 is 22.6 Å². The molecule has 0 unspecified atom stereocenters. The number of unbranched alkanes of at least 4 members (excludes halogenated alkanes) is 1. The average Bonchev–Trinajstić information content (AvgIpc) is 3.32. The molecule has 1 aliphatic rings. The predicted molar refractivity (Wildman–Crippen MR) is 102 cm³/mol. The van der Waals surface area contributed by atoms with Crippen LogP contribution in [0.2, 0.25) is 0 Å². The van der Waals surface area contributed by atoms with E-state index in [4.69, 9.17) is 0 Å². The summed E-state index contributed by atoms with van der Waals surface area (Å²) in [5.41, 5.74) is 0.986. The molecular weight excluding hydrogens is 351 g/mol. The smallest absolute Gasteiger partial charge is 0.221 e. The molecule has 0 saturated heterocycles. The highest BCUT2D eigenvalue weighted by Gasteiger charge is 2.23. The van der Waals surface area contributed by atoms with Gasteiger partial charge in [0.1, 0.15) is 11.6 Å². The quantitative estimate of drug-likeness (QED) is 0.689. The van der Waals surface area contributed by atoms with Crippen molar-refractivity contribution in [3.63, 3.8) is 0 Å². The van der Waals surface area contributed by atoms with Crippen LogP contribution in [-0.2, 0) is 11.2 Å². The van der Waals surface area contributed by atoms with Gasteiger partial charge in [0, 0.05) is 43.5 Å². The zero-order chi connectivity index (χ0) is 18.4. The Balaban J connectivity index is 1.59. The fraction of sp³-hybridized carbons (Fsp3) is 0.526. The average molecular weight is 377 g/mol. The summed E-state index contributed by atoms with van der Waals surface area (Å²) >= 11 is 1.37. The summed E-state index contributed by atoms with van der Waals surface area (Å²) in [5.74, 6) is 0.612. The van der Waals surface area contributed by atoms with Gasteiger partial charge in [-0.1, -0.05) is 25.5 Å². The highest BCUT2D eigenvalue weighted by atomic mass is 32.1. The number of carbonyl (C=O) groups is 1. The second kappa shape index (κ2) is 9.07. The summed E-state index contributed by atoms with van der Waals surface area (Å²) in [7, 11) is 0. The van der Waals surface area contributed by atoms with E-state index < -0.39 is 0 Å². The summed E-state index contributed by atoms with van der Waals surface area (Å²) in [6, 6.07) is 6.82. The van der Waals surface area contributed by atoms with Crippen LogP contribution in [0.1, 0.15) is 50.4 Å². The Labute approximate surface area is 157 Å². The van der Waals surface area contributed by atoms with Crippen molar-refractivity contribution < 1.29 is 9.18 Å². The number of nitrogens with zero attached hydrogens (tertiary/aromatic N) is 3. The normalized spacial score (nSPS) is 13.6. The van der Waals surface area contributed by atoms with Crippen LogP contribution in [0.4, 0.5) is 9.52 Å². The van der Waals surface area contributed by atoms with Crippen molar-refractivity contribution in [1.29, 1.82) is 0 Å². The molecule has 1 aromatic heterocycles. The van der Waals surface area contributed by atoms with E-state index >= 15 is 0 Å². The van der Waals surface area contributed by atoms with Gasteiger partial charge in [-0.05, 0) is 37.0 Å². The summed E-state index contributed by atoms with van der Waals surface area (Å²) < 4.78 is 17.5. The number of benzene rings is 1. The molecule has 0 radical (unpaired) electrons. The van der Waals surface area contributed by atoms with Crippen molar-refractivity contribution in [3.8, 4) is 0 Å². The number of amides is 1. The molecule has 140 valence electrons. The van der Waals surface area contributed by atoms with Crippen molar-refractivity contribution in [2.45, 2.75) is 51.5 Å². The lowest BCUT2D eigenvalue weighted by Crippen LogP contribution is -2.32. The van der Waals surface area contributed by atoms with Gasteiger partial charge in [0.25, 0.3) is 0 Å². The highest BCUT2D eigenvalue weighted by Crippen LogP contribution is 2.21. The molecule has 0 atom stereocenters. The summed E-state index contributed by atoms with van der Waals surface area (Å²) in [6.07, 6.45) is 5.42. The Kier molecular flexibility index (Phi) is 6.55. The number of anilines is 1. The van der Waals surface area contributed by atoms with Gasteiger partial charge < -0.3 is 10.2 Å². The zero-order valence-corrected chi connectivity index (χ0v) is 15.9. The van der Waals surface area contributed by atoms with Gasteiger partial charge in [0.2, 0.25) is 11.0 Å². The van der Waals surface area contributed by atoms with Gasteiger partial charge in [0.15, 0.2) is 0 Å². The van der Waals surface area contributed by atoms with Gasteiger partial charge in [-0.3, -0.25) is 4.79 Å². The van der Waals surface area contributed by atoms with E-state index in [1.807, 2.05) is 0 Å². The fourth-order valence-electron chi connectivity index (χ4n) is 2.65. The number of halogens is 1. The molecule has 2 aromatic rings. The minimum absolute atomic E-state index is 0.116. The Morgan fingerprint density at radius 2 is 2.08 bits per heavy atom. The SMILES string of the molecule is CCCCN(CCC(=O)NC1CC1)c1nc(Cc2ccc(F)cc2)ns1. The number of aromatic nitrogens is 2. The Morgan fingerprint density at radius 3 is 2.77 bits per heavy atom. The first kappa shape index (κ1) is 18.8. The minimum Gasteiger partial charge on any atom is -0.353 e. The van der Waals surface area contributed by atoms with E-state index in [0.717, 1.165) is 48.7 Å². The van der Waals surface area contributed by atoms with Crippen LogP contribution in [0.3, 0.4) is 0 Å². The van der Waals surface area contributed by atoms with E-state index in [-0.39, 0.29) is 11.7 Å². The maximum Gasteiger partial charge on any atom is 0.221 e. The van der Waals surface area contributed by atoms with E-state index in [0.29, 0.717) is 25.4 Å². The van der Waals surface area contributed by atoms with Gasteiger partial charge in [-0.25, -0.2) is 9.37 Å². The van der Waals surface area contributed by atoms with Gasteiger partial charge in [0.05, 0.1) is 0 Å². The Hall–Kier alpha value is -2.02. The molecule has 26 heavy (non-hydrogen) atoms. The van der Waals surface area contributed by atoms with Crippen molar-refractivity contribution in [3.05, 3.63) is 41.5 Å². The molecule has 1 amide bonds. The topological polar surface area (TPSA) is 58.1 Å². The number of hydrogen-bond donors (Lipinski definition) is 1. The molecule has 1 aromatic carbocycles. The Bertz CT molecular complexity index is 715. The monoisotopic (exact) mass is 376 g/mol. The number of nitrogens with one attached hydrogen (secondary N) is 1. The maximum absolute atomic E-state index is 13.0. The van der Waals surface area contributed by atoms with E-state index in [1.54, 1.807) is 12.1 Å². The van der Waals surface area contributed by atoms with Gasteiger partial charge in [-0.2, -0.15) is 4.37 Å². The molecule has 3 rings (SSSR count). The van der Waals surface area contributed by atoms with Crippen LogP contribution in [-0.4, -0.2) is 34.4 Å². The molecule has 5 nitrogen and oxygen atoms in total. The van der Waals surface area contributed by atoms with Crippen LogP contribution in [0.25, 0.3) is 0 Å². The second-order valence-electron chi connectivity index (χ2n) is 6.73. The molecular formula is C19H25FN4OS. The zero-order valence-electron chi connectivity index (χ0n) is 15.1. The van der Waals surface area contributed by atoms with Crippen LogP contribution >= 0.6 is 11.5 Å². The van der Waals surface area contributed by atoms with Crippen molar-refractivity contribution in [2.24, 2.45) is 0 Å². The first-order valence-corrected chi connectivity index (χ1v) is 10.0. The fourth-order valence-corrected chi connectivity index (χ4v) is 3.38. The van der Waals surface area contributed by atoms with E-state index in [2.05, 4.69) is 26.5 Å². The molecule has 0 bridgehead atoms. The van der Waals surface area contributed by atoms with Crippen molar-refractivity contribution in [2.75, 3.05) is 18.0 Å². The maximum atomic E-state index is 13.0. The standard InChI is InChI=1S/C19H25FN4OS/c1-2-3-11-24(12-10-18(25)21-16-8-9-16)19-22-17(23-26-19)13-14-4-6-15(20)7-5-14/h4-7,16H,2-3,8-13H2,1H3,(H,21,25). The van der Waals surface area contributed by atoms with Gasteiger partial charge in [-0.15, -0.1) is 0 Å². The van der Waals surface area contributed by atoms with Crippen LogP contribution in [0.15, 0.2) is 24.3 Å². The van der Waals surface area contributed by atoms with E-state index in [1.165, 1.54) is 23.7 Å². The molecule has 1 aliphatic carbocycles. The first-order chi connectivity index (χ1) is 12.6. The van der Waals surface area contributed by atoms with Crippen molar-refractivity contribution in [1.82, 2.24) is 14.7 Å². The minimum atomic E-state index is -0.240. The summed E-state index contributed by atoms with van der Waals surface area (Å²) in [5, 5.41) is 3.89.